The molecule has 1 aliphatic carbocycles. The molecule has 16 heavy (non-hydrogen) atoms. The van der Waals surface area contributed by atoms with Crippen LogP contribution in [-0.2, 0) is 4.74 Å². The molecular weight excluding hydrogens is 198 g/mol. The van der Waals surface area contributed by atoms with Crippen LogP contribution in [0.15, 0.2) is 0 Å². The Balaban J connectivity index is 1.76. The van der Waals surface area contributed by atoms with Crippen molar-refractivity contribution in [2.24, 2.45) is 23.5 Å². The van der Waals surface area contributed by atoms with E-state index in [9.17, 15) is 0 Å². The fourth-order valence-corrected chi connectivity index (χ4v) is 3.44. The van der Waals surface area contributed by atoms with E-state index in [0.29, 0.717) is 6.04 Å². The molecule has 2 nitrogen and oxygen atoms in total. The van der Waals surface area contributed by atoms with Crippen molar-refractivity contribution in [3.05, 3.63) is 0 Å². The first kappa shape index (κ1) is 12.4. The normalized spacial score (nSPS) is 37.5. The van der Waals surface area contributed by atoms with Gasteiger partial charge in [-0.1, -0.05) is 26.2 Å². The summed E-state index contributed by atoms with van der Waals surface area (Å²) < 4.78 is 5.43. The zero-order chi connectivity index (χ0) is 11.4. The third kappa shape index (κ3) is 3.21. The van der Waals surface area contributed by atoms with Crippen LogP contribution in [0.25, 0.3) is 0 Å². The van der Waals surface area contributed by atoms with Crippen LogP contribution in [0.4, 0.5) is 0 Å². The molecule has 0 spiro atoms. The van der Waals surface area contributed by atoms with E-state index in [1.54, 1.807) is 0 Å². The van der Waals surface area contributed by atoms with Gasteiger partial charge in [0, 0.05) is 19.3 Å². The molecule has 1 heterocycles. The lowest BCUT2D eigenvalue weighted by molar-refractivity contribution is 0.172. The molecule has 4 unspecified atom stereocenters. The summed E-state index contributed by atoms with van der Waals surface area (Å²) in [7, 11) is 0. The summed E-state index contributed by atoms with van der Waals surface area (Å²) in [6.07, 6.45) is 9.36. The fourth-order valence-electron chi connectivity index (χ4n) is 3.44. The number of hydrogen-bond acceptors (Lipinski definition) is 2. The van der Waals surface area contributed by atoms with Crippen molar-refractivity contribution >= 4 is 0 Å². The van der Waals surface area contributed by atoms with E-state index in [2.05, 4.69) is 6.92 Å². The molecule has 0 bridgehead atoms. The minimum absolute atomic E-state index is 0.432. The summed E-state index contributed by atoms with van der Waals surface area (Å²) >= 11 is 0. The molecule has 2 rings (SSSR count). The lowest BCUT2D eigenvalue weighted by Gasteiger charge is -2.33. The summed E-state index contributed by atoms with van der Waals surface area (Å²) in [5.74, 6) is 2.49. The molecule has 4 atom stereocenters. The van der Waals surface area contributed by atoms with Gasteiger partial charge in [-0.3, -0.25) is 0 Å². The van der Waals surface area contributed by atoms with Crippen LogP contribution < -0.4 is 5.73 Å². The van der Waals surface area contributed by atoms with Crippen LogP contribution in [-0.4, -0.2) is 19.3 Å². The van der Waals surface area contributed by atoms with Gasteiger partial charge in [-0.25, -0.2) is 0 Å². The van der Waals surface area contributed by atoms with Gasteiger partial charge >= 0.3 is 0 Å². The van der Waals surface area contributed by atoms with Crippen LogP contribution in [0.3, 0.4) is 0 Å². The minimum atomic E-state index is 0.432. The van der Waals surface area contributed by atoms with Crippen molar-refractivity contribution in [2.75, 3.05) is 13.2 Å². The predicted octanol–water partition coefficient (Wildman–Crippen LogP) is 2.96. The zero-order valence-electron chi connectivity index (χ0n) is 10.7. The van der Waals surface area contributed by atoms with Gasteiger partial charge < -0.3 is 10.5 Å². The van der Waals surface area contributed by atoms with Gasteiger partial charge in [0.2, 0.25) is 0 Å². The Morgan fingerprint density at radius 2 is 2.12 bits per heavy atom. The second kappa shape index (κ2) is 6.02. The minimum Gasteiger partial charge on any atom is -0.381 e. The second-order valence-electron chi connectivity index (χ2n) is 5.83. The van der Waals surface area contributed by atoms with E-state index in [4.69, 9.17) is 10.5 Å². The van der Waals surface area contributed by atoms with E-state index < -0.39 is 0 Å². The van der Waals surface area contributed by atoms with Gasteiger partial charge in [-0.2, -0.15) is 0 Å². The average molecular weight is 225 g/mol. The lowest BCUT2D eigenvalue weighted by atomic mass is 9.75. The zero-order valence-corrected chi connectivity index (χ0v) is 10.7. The van der Waals surface area contributed by atoms with Crippen molar-refractivity contribution in [2.45, 2.75) is 57.9 Å². The quantitative estimate of drug-likeness (QED) is 0.798. The molecule has 0 aromatic heterocycles. The highest BCUT2D eigenvalue weighted by Crippen LogP contribution is 2.34. The average Bonchev–Trinajstić information content (AvgIpc) is 2.82. The van der Waals surface area contributed by atoms with Gasteiger partial charge in [-0.05, 0) is 43.4 Å². The molecule has 0 amide bonds. The van der Waals surface area contributed by atoms with E-state index in [0.717, 1.165) is 31.0 Å². The third-order valence-electron chi connectivity index (χ3n) is 4.64. The number of rotatable bonds is 4. The Hall–Kier alpha value is -0.0800. The monoisotopic (exact) mass is 225 g/mol. The van der Waals surface area contributed by atoms with Crippen LogP contribution in [0.1, 0.15) is 51.9 Å². The first-order valence-corrected chi connectivity index (χ1v) is 7.13. The number of hydrogen-bond donors (Lipinski definition) is 1. The maximum absolute atomic E-state index is 6.39. The maximum atomic E-state index is 6.39. The summed E-state index contributed by atoms with van der Waals surface area (Å²) in [4.78, 5) is 0. The molecule has 2 fully saturated rings. The summed E-state index contributed by atoms with van der Waals surface area (Å²) in [6.45, 7) is 4.24. The molecule has 2 N–H and O–H groups in total. The largest absolute Gasteiger partial charge is 0.381 e. The fraction of sp³-hybridized carbons (Fsp3) is 1.00. The summed E-state index contributed by atoms with van der Waals surface area (Å²) in [5, 5.41) is 0. The number of nitrogens with two attached hydrogens (primary N) is 1. The molecule has 2 heteroatoms. The molecule has 94 valence electrons. The van der Waals surface area contributed by atoms with E-state index in [-0.39, 0.29) is 0 Å². The maximum Gasteiger partial charge on any atom is 0.0495 e. The molecule has 1 aliphatic heterocycles. The highest BCUT2D eigenvalue weighted by atomic mass is 16.5. The van der Waals surface area contributed by atoms with Crippen molar-refractivity contribution in [1.82, 2.24) is 0 Å². The van der Waals surface area contributed by atoms with Crippen molar-refractivity contribution in [3.63, 3.8) is 0 Å². The van der Waals surface area contributed by atoms with Crippen molar-refractivity contribution < 1.29 is 4.74 Å². The Bertz CT molecular complexity index is 201. The Morgan fingerprint density at radius 1 is 1.25 bits per heavy atom. The molecule has 0 radical (unpaired) electrons. The summed E-state index contributed by atoms with van der Waals surface area (Å²) in [6, 6.07) is 0.432. The smallest absolute Gasteiger partial charge is 0.0495 e. The molecule has 1 saturated heterocycles. The van der Waals surface area contributed by atoms with Crippen LogP contribution in [0, 0.1) is 17.8 Å². The van der Waals surface area contributed by atoms with E-state index >= 15 is 0 Å². The molecule has 1 saturated carbocycles. The third-order valence-corrected chi connectivity index (χ3v) is 4.64. The first-order valence-electron chi connectivity index (χ1n) is 7.13. The molecular formula is C14H27NO. The van der Waals surface area contributed by atoms with Gasteiger partial charge in [0.1, 0.15) is 0 Å². The van der Waals surface area contributed by atoms with Crippen LogP contribution in [0.2, 0.25) is 0 Å². The van der Waals surface area contributed by atoms with Gasteiger partial charge in [0.15, 0.2) is 0 Å². The Morgan fingerprint density at radius 3 is 2.81 bits per heavy atom. The van der Waals surface area contributed by atoms with Gasteiger partial charge in [0.25, 0.3) is 0 Å². The first-order chi connectivity index (χ1) is 7.79. The number of ether oxygens (including phenoxy) is 1. The molecule has 0 aromatic carbocycles. The topological polar surface area (TPSA) is 35.2 Å². The van der Waals surface area contributed by atoms with E-state index in [1.165, 1.54) is 44.9 Å². The lowest BCUT2D eigenvalue weighted by Crippen LogP contribution is -2.35. The molecule has 2 aliphatic rings. The van der Waals surface area contributed by atoms with Crippen molar-refractivity contribution in [1.29, 1.82) is 0 Å². The van der Waals surface area contributed by atoms with E-state index in [1.807, 2.05) is 0 Å². The predicted molar refractivity (Wildman–Crippen MR) is 67.3 cm³/mol. The van der Waals surface area contributed by atoms with Gasteiger partial charge in [-0.15, -0.1) is 0 Å². The summed E-state index contributed by atoms with van der Waals surface area (Å²) in [5.41, 5.74) is 6.39. The highest BCUT2D eigenvalue weighted by molar-refractivity contribution is 4.82. The standard InChI is InChI=1S/C14H27NO/c1-2-11-4-3-5-13(8-11)14(15)9-12-6-7-16-10-12/h11-14H,2-10,15H2,1H3. The van der Waals surface area contributed by atoms with Crippen LogP contribution in [0.5, 0.6) is 0 Å². The second-order valence-corrected chi connectivity index (χ2v) is 5.83. The van der Waals surface area contributed by atoms with Gasteiger partial charge in [0.05, 0.1) is 0 Å². The highest BCUT2D eigenvalue weighted by Gasteiger charge is 2.28. The SMILES string of the molecule is CCC1CCCC(C(N)CC2CCOC2)C1. The Labute approximate surface area is 99.9 Å². The Kier molecular flexibility index (Phi) is 4.66. The van der Waals surface area contributed by atoms with Crippen LogP contribution >= 0.6 is 0 Å². The van der Waals surface area contributed by atoms with Crippen molar-refractivity contribution in [3.8, 4) is 0 Å². The molecule has 0 aromatic rings.